The SMILES string of the molecule is CCCCC(CN)N1CC(C)CC1C. The molecule has 2 N–H and O–H groups in total. The van der Waals surface area contributed by atoms with E-state index < -0.39 is 0 Å². The van der Waals surface area contributed by atoms with Crippen molar-refractivity contribution in [3.8, 4) is 0 Å². The highest BCUT2D eigenvalue weighted by Gasteiger charge is 2.30. The van der Waals surface area contributed by atoms with Crippen LogP contribution in [0.1, 0.15) is 46.5 Å². The molecule has 1 saturated heterocycles. The summed E-state index contributed by atoms with van der Waals surface area (Å²) < 4.78 is 0. The molecule has 14 heavy (non-hydrogen) atoms. The van der Waals surface area contributed by atoms with Crippen LogP contribution in [0.4, 0.5) is 0 Å². The lowest BCUT2D eigenvalue weighted by Gasteiger charge is -2.30. The van der Waals surface area contributed by atoms with Gasteiger partial charge in [-0.25, -0.2) is 0 Å². The number of hydrogen-bond acceptors (Lipinski definition) is 2. The number of nitrogens with zero attached hydrogens (tertiary/aromatic N) is 1. The Kier molecular flexibility index (Phi) is 4.90. The molecule has 3 unspecified atom stereocenters. The molecular formula is C12H26N2. The van der Waals surface area contributed by atoms with E-state index in [9.17, 15) is 0 Å². The molecule has 0 radical (unpaired) electrons. The van der Waals surface area contributed by atoms with E-state index in [-0.39, 0.29) is 0 Å². The summed E-state index contributed by atoms with van der Waals surface area (Å²) in [5, 5.41) is 0. The van der Waals surface area contributed by atoms with Crippen LogP contribution in [0.25, 0.3) is 0 Å². The first kappa shape index (κ1) is 12.0. The van der Waals surface area contributed by atoms with E-state index in [0.29, 0.717) is 6.04 Å². The van der Waals surface area contributed by atoms with E-state index in [4.69, 9.17) is 5.73 Å². The predicted octanol–water partition coefficient (Wildman–Crippen LogP) is 2.23. The molecule has 0 aromatic rings. The average molecular weight is 198 g/mol. The summed E-state index contributed by atoms with van der Waals surface area (Å²) in [5.74, 6) is 0.862. The molecule has 1 heterocycles. The Morgan fingerprint density at radius 1 is 1.43 bits per heavy atom. The first-order valence-electron chi connectivity index (χ1n) is 6.14. The summed E-state index contributed by atoms with van der Waals surface area (Å²) in [7, 11) is 0. The van der Waals surface area contributed by atoms with Crippen LogP contribution in [0.2, 0.25) is 0 Å². The first-order valence-corrected chi connectivity index (χ1v) is 6.14. The number of likely N-dealkylation sites (tertiary alicyclic amines) is 1. The van der Waals surface area contributed by atoms with Crippen molar-refractivity contribution in [1.29, 1.82) is 0 Å². The maximum Gasteiger partial charge on any atom is 0.0221 e. The number of hydrogen-bond donors (Lipinski definition) is 1. The maximum atomic E-state index is 5.86. The van der Waals surface area contributed by atoms with Gasteiger partial charge in [0.15, 0.2) is 0 Å². The fraction of sp³-hybridized carbons (Fsp3) is 1.00. The molecule has 0 bridgehead atoms. The second-order valence-corrected chi connectivity index (χ2v) is 4.92. The molecule has 1 rings (SSSR count). The lowest BCUT2D eigenvalue weighted by Crippen LogP contribution is -2.42. The highest BCUT2D eigenvalue weighted by atomic mass is 15.2. The van der Waals surface area contributed by atoms with Gasteiger partial charge in [-0.1, -0.05) is 26.7 Å². The number of unbranched alkanes of at least 4 members (excludes halogenated alkanes) is 1. The Labute approximate surface area is 88.8 Å². The fourth-order valence-corrected chi connectivity index (χ4v) is 2.70. The molecule has 84 valence electrons. The summed E-state index contributed by atoms with van der Waals surface area (Å²) in [4.78, 5) is 2.63. The number of rotatable bonds is 5. The largest absolute Gasteiger partial charge is 0.329 e. The first-order chi connectivity index (χ1) is 6.69. The van der Waals surface area contributed by atoms with Crippen LogP contribution >= 0.6 is 0 Å². The van der Waals surface area contributed by atoms with Gasteiger partial charge in [0.05, 0.1) is 0 Å². The van der Waals surface area contributed by atoms with Gasteiger partial charge in [-0.15, -0.1) is 0 Å². The molecule has 0 amide bonds. The molecule has 3 atom stereocenters. The van der Waals surface area contributed by atoms with Gasteiger partial charge in [0.25, 0.3) is 0 Å². The van der Waals surface area contributed by atoms with Crippen molar-refractivity contribution in [2.45, 2.75) is 58.5 Å². The third-order valence-electron chi connectivity index (χ3n) is 3.46. The monoisotopic (exact) mass is 198 g/mol. The highest BCUT2D eigenvalue weighted by molar-refractivity contribution is 4.85. The highest BCUT2D eigenvalue weighted by Crippen LogP contribution is 2.25. The Morgan fingerprint density at radius 2 is 2.14 bits per heavy atom. The summed E-state index contributed by atoms with van der Waals surface area (Å²) in [6.45, 7) is 9.04. The molecule has 0 saturated carbocycles. The minimum atomic E-state index is 0.634. The van der Waals surface area contributed by atoms with Crippen LogP contribution in [-0.4, -0.2) is 30.1 Å². The zero-order valence-electron chi connectivity index (χ0n) is 10.00. The van der Waals surface area contributed by atoms with Crippen molar-refractivity contribution in [3.63, 3.8) is 0 Å². The van der Waals surface area contributed by atoms with Gasteiger partial charge in [-0.05, 0) is 25.7 Å². The van der Waals surface area contributed by atoms with E-state index in [1.54, 1.807) is 0 Å². The second kappa shape index (κ2) is 5.72. The van der Waals surface area contributed by atoms with Crippen LogP contribution in [0.5, 0.6) is 0 Å². The molecule has 0 aromatic carbocycles. The minimum Gasteiger partial charge on any atom is -0.329 e. The van der Waals surface area contributed by atoms with E-state index in [1.165, 1.54) is 32.2 Å². The molecule has 0 aliphatic carbocycles. The third kappa shape index (κ3) is 2.96. The average Bonchev–Trinajstić information content (AvgIpc) is 2.47. The van der Waals surface area contributed by atoms with Crippen molar-refractivity contribution in [2.24, 2.45) is 11.7 Å². The third-order valence-corrected chi connectivity index (χ3v) is 3.46. The van der Waals surface area contributed by atoms with Gasteiger partial charge in [0.2, 0.25) is 0 Å². The van der Waals surface area contributed by atoms with E-state index >= 15 is 0 Å². The quantitative estimate of drug-likeness (QED) is 0.734. The van der Waals surface area contributed by atoms with Crippen molar-refractivity contribution < 1.29 is 0 Å². The van der Waals surface area contributed by atoms with E-state index in [0.717, 1.165) is 18.5 Å². The van der Waals surface area contributed by atoms with Gasteiger partial charge in [0, 0.05) is 25.2 Å². The summed E-state index contributed by atoms with van der Waals surface area (Å²) in [6, 6.07) is 1.38. The van der Waals surface area contributed by atoms with E-state index in [1.807, 2.05) is 0 Å². The van der Waals surface area contributed by atoms with Gasteiger partial charge in [-0.3, -0.25) is 4.90 Å². The molecular weight excluding hydrogens is 172 g/mol. The van der Waals surface area contributed by atoms with Gasteiger partial charge in [0.1, 0.15) is 0 Å². The normalized spacial score (nSPS) is 30.9. The molecule has 1 aliphatic rings. The Hall–Kier alpha value is -0.0800. The predicted molar refractivity (Wildman–Crippen MR) is 62.3 cm³/mol. The topological polar surface area (TPSA) is 29.3 Å². The van der Waals surface area contributed by atoms with Crippen LogP contribution < -0.4 is 5.73 Å². The van der Waals surface area contributed by atoms with Crippen molar-refractivity contribution in [3.05, 3.63) is 0 Å². The van der Waals surface area contributed by atoms with Crippen LogP contribution in [-0.2, 0) is 0 Å². The molecule has 0 aromatic heterocycles. The number of nitrogens with two attached hydrogens (primary N) is 1. The Morgan fingerprint density at radius 3 is 2.57 bits per heavy atom. The smallest absolute Gasteiger partial charge is 0.0221 e. The fourth-order valence-electron chi connectivity index (χ4n) is 2.70. The maximum absolute atomic E-state index is 5.86. The standard InChI is InChI=1S/C12H26N2/c1-4-5-6-12(8-13)14-9-10(2)7-11(14)3/h10-12H,4-9,13H2,1-3H3. The molecule has 2 nitrogen and oxygen atoms in total. The van der Waals surface area contributed by atoms with Crippen LogP contribution in [0.3, 0.4) is 0 Å². The minimum absolute atomic E-state index is 0.634. The van der Waals surface area contributed by atoms with Crippen LogP contribution in [0, 0.1) is 5.92 Å². The van der Waals surface area contributed by atoms with Crippen LogP contribution in [0.15, 0.2) is 0 Å². The molecule has 0 spiro atoms. The van der Waals surface area contributed by atoms with Crippen molar-refractivity contribution in [2.75, 3.05) is 13.1 Å². The van der Waals surface area contributed by atoms with Gasteiger partial charge >= 0.3 is 0 Å². The zero-order chi connectivity index (χ0) is 10.6. The molecule has 2 heteroatoms. The Balaban J connectivity index is 2.43. The van der Waals surface area contributed by atoms with E-state index in [2.05, 4.69) is 25.7 Å². The van der Waals surface area contributed by atoms with Gasteiger partial charge in [-0.2, -0.15) is 0 Å². The molecule has 1 aliphatic heterocycles. The summed E-state index contributed by atoms with van der Waals surface area (Å²) >= 11 is 0. The summed E-state index contributed by atoms with van der Waals surface area (Å²) in [6.07, 6.45) is 5.24. The van der Waals surface area contributed by atoms with Crippen molar-refractivity contribution >= 4 is 0 Å². The summed E-state index contributed by atoms with van der Waals surface area (Å²) in [5.41, 5.74) is 5.86. The molecule has 1 fully saturated rings. The lowest BCUT2D eigenvalue weighted by atomic mass is 10.1. The lowest BCUT2D eigenvalue weighted by molar-refractivity contribution is 0.179. The zero-order valence-corrected chi connectivity index (χ0v) is 10.00. The Bertz CT molecular complexity index is 158. The van der Waals surface area contributed by atoms with Crippen molar-refractivity contribution in [1.82, 2.24) is 4.90 Å². The van der Waals surface area contributed by atoms with Gasteiger partial charge < -0.3 is 5.73 Å². The second-order valence-electron chi connectivity index (χ2n) is 4.92.